The summed E-state index contributed by atoms with van der Waals surface area (Å²) in [5.74, 6) is 2.20. The first-order valence-electron chi connectivity index (χ1n) is 9.81. The summed E-state index contributed by atoms with van der Waals surface area (Å²) in [6.45, 7) is 5.23. The number of rotatable bonds is 8. The van der Waals surface area contributed by atoms with Crippen molar-refractivity contribution in [1.29, 1.82) is 5.26 Å². The van der Waals surface area contributed by atoms with Crippen LogP contribution in [0, 0.1) is 11.3 Å². The summed E-state index contributed by atoms with van der Waals surface area (Å²) >= 11 is 0. The SMILES string of the molecule is COc1ccc(C(C)[N+]2=COC(COc3ccc(/C(C)=C/C#N)cc3)C2)cc1OC. The van der Waals surface area contributed by atoms with E-state index in [1.807, 2.05) is 55.5 Å². The second kappa shape index (κ2) is 9.84. The van der Waals surface area contributed by atoms with E-state index in [9.17, 15) is 0 Å². The summed E-state index contributed by atoms with van der Waals surface area (Å²) < 4.78 is 24.6. The van der Waals surface area contributed by atoms with Gasteiger partial charge in [-0.3, -0.25) is 0 Å². The number of nitrogens with zero attached hydrogens (tertiary/aromatic N) is 2. The number of hydrogen-bond donors (Lipinski definition) is 0. The Kier molecular flexibility index (Phi) is 6.97. The predicted octanol–water partition coefficient (Wildman–Crippen LogP) is 4.21. The minimum absolute atomic E-state index is 0.0486. The van der Waals surface area contributed by atoms with Crippen LogP contribution in [0.4, 0.5) is 0 Å². The van der Waals surface area contributed by atoms with Crippen molar-refractivity contribution in [2.24, 2.45) is 0 Å². The van der Waals surface area contributed by atoms with Crippen LogP contribution in [0.5, 0.6) is 17.2 Å². The van der Waals surface area contributed by atoms with Gasteiger partial charge in [0.15, 0.2) is 30.2 Å². The van der Waals surface area contributed by atoms with Gasteiger partial charge in [0.2, 0.25) is 0 Å². The van der Waals surface area contributed by atoms with Gasteiger partial charge < -0.3 is 18.9 Å². The monoisotopic (exact) mass is 407 g/mol. The van der Waals surface area contributed by atoms with Crippen LogP contribution in [0.15, 0.2) is 48.5 Å². The number of methoxy groups -OCH3 is 2. The van der Waals surface area contributed by atoms with Crippen molar-refractivity contribution < 1.29 is 23.5 Å². The van der Waals surface area contributed by atoms with E-state index in [1.54, 1.807) is 20.6 Å². The Bertz CT molecular complexity index is 974. The molecule has 6 nitrogen and oxygen atoms in total. The summed E-state index contributed by atoms with van der Waals surface area (Å²) in [5.41, 5.74) is 3.05. The Labute approximate surface area is 177 Å². The molecule has 2 aromatic rings. The van der Waals surface area contributed by atoms with Crippen LogP contribution in [-0.2, 0) is 4.74 Å². The van der Waals surface area contributed by atoms with E-state index >= 15 is 0 Å². The van der Waals surface area contributed by atoms with Gasteiger partial charge in [-0.05, 0) is 48.4 Å². The van der Waals surface area contributed by atoms with Crippen molar-refractivity contribution in [2.75, 3.05) is 27.4 Å². The molecule has 0 saturated heterocycles. The summed E-state index contributed by atoms with van der Waals surface area (Å²) in [6, 6.07) is 15.8. The van der Waals surface area contributed by atoms with E-state index in [-0.39, 0.29) is 12.1 Å². The maximum absolute atomic E-state index is 8.76. The molecule has 1 aliphatic rings. The average Bonchev–Trinajstić information content (AvgIpc) is 3.26. The van der Waals surface area contributed by atoms with Crippen molar-refractivity contribution in [2.45, 2.75) is 26.0 Å². The maximum atomic E-state index is 8.76. The average molecular weight is 407 g/mol. The highest BCUT2D eigenvalue weighted by Crippen LogP contribution is 2.31. The highest BCUT2D eigenvalue weighted by Gasteiger charge is 2.30. The fraction of sp³-hybridized carbons (Fsp3) is 0.333. The van der Waals surface area contributed by atoms with E-state index in [2.05, 4.69) is 11.5 Å². The molecule has 2 unspecified atom stereocenters. The first kappa shape index (κ1) is 21.3. The zero-order valence-electron chi connectivity index (χ0n) is 17.8. The number of allylic oxidation sites excluding steroid dienone is 2. The van der Waals surface area contributed by atoms with Gasteiger partial charge in [-0.2, -0.15) is 9.84 Å². The third-order valence-corrected chi connectivity index (χ3v) is 5.22. The molecule has 156 valence electrons. The van der Waals surface area contributed by atoms with Crippen molar-refractivity contribution in [1.82, 2.24) is 0 Å². The molecule has 0 saturated carbocycles. The van der Waals surface area contributed by atoms with Crippen LogP contribution >= 0.6 is 0 Å². The summed E-state index contributed by atoms with van der Waals surface area (Å²) in [4.78, 5) is 0. The van der Waals surface area contributed by atoms with Crippen LogP contribution in [0.25, 0.3) is 5.57 Å². The van der Waals surface area contributed by atoms with Crippen LogP contribution in [0.1, 0.15) is 31.0 Å². The molecule has 0 aliphatic carbocycles. The molecule has 0 radical (unpaired) electrons. The fourth-order valence-corrected chi connectivity index (χ4v) is 3.31. The van der Waals surface area contributed by atoms with Crippen molar-refractivity contribution in [3.05, 3.63) is 59.7 Å². The Morgan fingerprint density at radius 3 is 2.60 bits per heavy atom. The molecule has 0 bridgehead atoms. The number of hydrogen-bond acceptors (Lipinski definition) is 5. The van der Waals surface area contributed by atoms with Crippen LogP contribution in [-0.4, -0.2) is 44.5 Å². The molecular formula is C24H27N2O4+. The molecule has 1 aliphatic heterocycles. The molecule has 2 atom stereocenters. The molecule has 6 heteroatoms. The first-order valence-corrected chi connectivity index (χ1v) is 9.81. The van der Waals surface area contributed by atoms with Gasteiger partial charge in [-0.25, -0.2) is 0 Å². The molecule has 1 heterocycles. The second-order valence-electron chi connectivity index (χ2n) is 7.14. The smallest absolute Gasteiger partial charge is 0.325 e. The van der Waals surface area contributed by atoms with E-state index in [4.69, 9.17) is 24.2 Å². The summed E-state index contributed by atoms with van der Waals surface area (Å²) in [6.07, 6.45) is 3.26. The Balaban J connectivity index is 1.55. The summed E-state index contributed by atoms with van der Waals surface area (Å²) in [7, 11) is 3.27. The van der Waals surface area contributed by atoms with Gasteiger partial charge in [-0.1, -0.05) is 12.1 Å². The third-order valence-electron chi connectivity index (χ3n) is 5.22. The Hall–Kier alpha value is -3.46. The van der Waals surface area contributed by atoms with Gasteiger partial charge in [0.05, 0.1) is 20.3 Å². The quantitative estimate of drug-likeness (QED) is 0.485. The molecule has 0 N–H and O–H groups in total. The lowest BCUT2D eigenvalue weighted by molar-refractivity contribution is -0.559. The van der Waals surface area contributed by atoms with Gasteiger partial charge in [0, 0.05) is 18.6 Å². The predicted molar refractivity (Wildman–Crippen MR) is 115 cm³/mol. The van der Waals surface area contributed by atoms with E-state index < -0.39 is 0 Å². The van der Waals surface area contributed by atoms with Crippen molar-refractivity contribution in [3.8, 4) is 23.3 Å². The molecule has 0 spiro atoms. The minimum atomic E-state index is -0.0486. The number of ether oxygens (including phenoxy) is 4. The zero-order valence-corrected chi connectivity index (χ0v) is 17.8. The zero-order chi connectivity index (χ0) is 21.5. The third kappa shape index (κ3) is 4.93. The lowest BCUT2D eigenvalue weighted by atomic mass is 10.1. The topological polar surface area (TPSA) is 63.7 Å². The summed E-state index contributed by atoms with van der Waals surface area (Å²) in [5, 5.41) is 8.76. The van der Waals surface area contributed by atoms with E-state index in [0.717, 1.165) is 29.0 Å². The lowest BCUT2D eigenvalue weighted by Crippen LogP contribution is -2.25. The first-order chi connectivity index (χ1) is 14.5. The van der Waals surface area contributed by atoms with Crippen LogP contribution in [0.2, 0.25) is 0 Å². The fourth-order valence-electron chi connectivity index (χ4n) is 3.31. The van der Waals surface area contributed by atoms with Gasteiger partial charge >= 0.3 is 6.40 Å². The van der Waals surface area contributed by atoms with Gasteiger partial charge in [0.25, 0.3) is 0 Å². The van der Waals surface area contributed by atoms with E-state index in [1.165, 1.54) is 6.08 Å². The number of nitriles is 1. The van der Waals surface area contributed by atoms with Gasteiger partial charge in [-0.15, -0.1) is 0 Å². The Morgan fingerprint density at radius 2 is 1.93 bits per heavy atom. The van der Waals surface area contributed by atoms with Crippen LogP contribution in [0.3, 0.4) is 0 Å². The second-order valence-corrected chi connectivity index (χ2v) is 7.14. The maximum Gasteiger partial charge on any atom is 0.325 e. The largest absolute Gasteiger partial charge is 0.493 e. The molecule has 30 heavy (non-hydrogen) atoms. The molecule has 0 aromatic heterocycles. The molecule has 3 rings (SSSR count). The van der Waals surface area contributed by atoms with Crippen LogP contribution < -0.4 is 14.2 Å². The standard InChI is InChI=1S/C24H27N2O4/c1-17(11-12-25)19-5-8-21(9-6-19)29-15-22-14-26(16-30-22)18(2)20-7-10-23(27-3)24(13-20)28-4/h5-11,13,16,18,22H,14-15H2,1-4H3/q+1/b17-11+. The highest BCUT2D eigenvalue weighted by atomic mass is 16.5. The van der Waals surface area contributed by atoms with Gasteiger partial charge in [0.1, 0.15) is 12.4 Å². The molecular weight excluding hydrogens is 380 g/mol. The highest BCUT2D eigenvalue weighted by molar-refractivity contribution is 5.66. The number of benzene rings is 2. The van der Waals surface area contributed by atoms with Crippen molar-refractivity contribution in [3.63, 3.8) is 0 Å². The molecule has 2 aromatic carbocycles. The normalized spacial score (nSPS) is 16.8. The van der Waals surface area contributed by atoms with Crippen molar-refractivity contribution >= 4 is 12.0 Å². The molecule has 0 fully saturated rings. The van der Waals surface area contributed by atoms with E-state index in [0.29, 0.717) is 18.1 Å². The minimum Gasteiger partial charge on any atom is -0.493 e. The molecule has 0 amide bonds. The Morgan fingerprint density at radius 1 is 1.20 bits per heavy atom. The lowest BCUT2D eigenvalue weighted by Gasteiger charge is -2.13.